The predicted molar refractivity (Wildman–Crippen MR) is 154 cm³/mol. The van der Waals surface area contributed by atoms with Crippen LogP contribution in [0, 0.1) is 0 Å². The number of aromatic nitrogens is 4. The molecule has 0 radical (unpaired) electrons. The number of benzene rings is 2. The molecule has 43 heavy (non-hydrogen) atoms. The Kier molecular flexibility index (Phi) is 8.68. The highest BCUT2D eigenvalue weighted by Crippen LogP contribution is 2.47. The van der Waals surface area contributed by atoms with Gasteiger partial charge in [0, 0.05) is 5.39 Å². The molecule has 1 aliphatic heterocycles. The minimum Gasteiger partial charge on any atom is -0.387 e. The van der Waals surface area contributed by atoms with E-state index in [1.165, 1.54) is 36.1 Å². The van der Waals surface area contributed by atoms with E-state index in [1.54, 1.807) is 26.0 Å². The number of fused-ring (bicyclic) bond motifs is 2. The van der Waals surface area contributed by atoms with E-state index in [0.717, 1.165) is 10.8 Å². The van der Waals surface area contributed by atoms with Crippen molar-refractivity contribution in [2.45, 2.75) is 70.5 Å². The lowest BCUT2D eigenvalue weighted by atomic mass is 10.1. The van der Waals surface area contributed by atoms with Crippen LogP contribution in [0.25, 0.3) is 21.9 Å². The molecule has 0 bridgehead atoms. The molecule has 0 amide bonds. The molecule has 1 fully saturated rings. The lowest BCUT2D eigenvalue weighted by Crippen LogP contribution is -2.42. The molecule has 4 aromatic rings. The second-order valence-corrected chi connectivity index (χ2v) is 11.7. The summed E-state index contributed by atoms with van der Waals surface area (Å²) in [4.78, 5) is 41.7. The van der Waals surface area contributed by atoms with Gasteiger partial charge in [-0.05, 0) is 39.1 Å². The number of ether oxygens (including phenoxy) is 1. The minimum atomic E-state index is -5.06. The Hall–Kier alpha value is -3.69. The molecule has 5 rings (SSSR count). The maximum absolute atomic E-state index is 13.2. The summed E-state index contributed by atoms with van der Waals surface area (Å²) in [6.45, 7) is 6.36. The van der Waals surface area contributed by atoms with Crippen LogP contribution in [0.1, 0.15) is 33.9 Å². The lowest BCUT2D eigenvalue weighted by Gasteiger charge is -2.31. The number of phosphoric acid groups is 1. The summed E-state index contributed by atoms with van der Waals surface area (Å²) in [5, 5.41) is 24.5. The van der Waals surface area contributed by atoms with Gasteiger partial charge < -0.3 is 25.2 Å². The van der Waals surface area contributed by atoms with Gasteiger partial charge in [0.05, 0.1) is 24.2 Å². The minimum absolute atomic E-state index is 0.111. The zero-order chi connectivity index (χ0) is 31.1. The van der Waals surface area contributed by atoms with E-state index < -0.39 is 50.5 Å². The van der Waals surface area contributed by atoms with E-state index >= 15 is 0 Å². The van der Waals surface area contributed by atoms with Crippen molar-refractivity contribution < 1.29 is 43.1 Å². The zero-order valence-electron chi connectivity index (χ0n) is 23.8. The maximum atomic E-state index is 13.2. The average Bonchev–Trinajstić information content (AvgIpc) is 3.52. The van der Waals surface area contributed by atoms with Crippen LogP contribution in [0.4, 0.5) is 11.5 Å². The smallest absolute Gasteiger partial charge is 0.387 e. The highest BCUT2D eigenvalue weighted by molar-refractivity contribution is 7.48. The molecule has 16 heteroatoms. The van der Waals surface area contributed by atoms with Crippen LogP contribution in [0.2, 0.25) is 0 Å². The zero-order valence-corrected chi connectivity index (χ0v) is 24.7. The lowest BCUT2D eigenvalue weighted by molar-refractivity contribution is -0.141. The molecule has 15 nitrogen and oxygen atoms in total. The Morgan fingerprint density at radius 1 is 1.07 bits per heavy atom. The molecule has 5 N–H and O–H groups in total. The largest absolute Gasteiger partial charge is 0.530 e. The van der Waals surface area contributed by atoms with Gasteiger partial charge in [0.15, 0.2) is 23.7 Å². The van der Waals surface area contributed by atoms with Gasteiger partial charge in [0.25, 0.3) is 0 Å². The van der Waals surface area contributed by atoms with E-state index in [0.29, 0.717) is 5.69 Å². The van der Waals surface area contributed by atoms with E-state index in [1.807, 2.05) is 30.3 Å². The number of aliphatic hydroxyl groups excluding tert-OH is 2. The number of anilines is 2. The number of hydrogen-bond donors (Lipinski definition) is 4. The molecule has 1 saturated heterocycles. The van der Waals surface area contributed by atoms with Gasteiger partial charge >= 0.3 is 13.8 Å². The molecule has 230 valence electrons. The second-order valence-electron chi connectivity index (χ2n) is 10.4. The van der Waals surface area contributed by atoms with Crippen molar-refractivity contribution in [1.29, 1.82) is 0 Å². The van der Waals surface area contributed by atoms with Crippen molar-refractivity contribution in [2.75, 3.05) is 10.8 Å². The number of hydrogen-bond acceptors (Lipinski definition) is 13. The Labute approximate surface area is 246 Å². The van der Waals surface area contributed by atoms with Gasteiger partial charge in [-0.1, -0.05) is 36.4 Å². The molecule has 3 heterocycles. The van der Waals surface area contributed by atoms with Gasteiger partial charge in [-0.15, -0.1) is 0 Å². The van der Waals surface area contributed by atoms with Crippen molar-refractivity contribution >= 4 is 47.2 Å². The Morgan fingerprint density at radius 2 is 1.79 bits per heavy atom. The van der Waals surface area contributed by atoms with Gasteiger partial charge in [-0.3, -0.25) is 18.8 Å². The predicted octanol–water partition coefficient (Wildman–Crippen LogP) is 2.46. The summed E-state index contributed by atoms with van der Waals surface area (Å²) in [6, 6.07) is 11.8. The Morgan fingerprint density at radius 3 is 2.53 bits per heavy atom. The number of carbonyl (C=O) groups is 1. The summed E-state index contributed by atoms with van der Waals surface area (Å²) in [6.07, 6.45) is -4.67. The van der Waals surface area contributed by atoms with Gasteiger partial charge in [0.2, 0.25) is 0 Å². The van der Waals surface area contributed by atoms with Crippen molar-refractivity contribution in [2.24, 2.45) is 0 Å². The molecule has 0 spiro atoms. The van der Waals surface area contributed by atoms with Crippen molar-refractivity contribution in [3.05, 3.63) is 55.1 Å². The van der Waals surface area contributed by atoms with Crippen LogP contribution in [0.15, 0.2) is 55.1 Å². The van der Waals surface area contributed by atoms with Crippen LogP contribution in [-0.2, 0) is 28.0 Å². The van der Waals surface area contributed by atoms with Crippen LogP contribution in [-0.4, -0.2) is 77.2 Å². The molecular formula is C27H33N6O9P. The van der Waals surface area contributed by atoms with Gasteiger partial charge in [0.1, 0.15) is 30.2 Å². The number of aliphatic hydroxyl groups is 2. The van der Waals surface area contributed by atoms with E-state index in [4.69, 9.17) is 24.4 Å². The van der Waals surface area contributed by atoms with E-state index in [2.05, 4.69) is 15.0 Å². The average molecular weight is 617 g/mol. The third-order valence-electron chi connectivity index (χ3n) is 6.93. The summed E-state index contributed by atoms with van der Waals surface area (Å²) in [5.74, 6) is -0.986. The summed E-state index contributed by atoms with van der Waals surface area (Å²) < 4.78 is 30.3. The third kappa shape index (κ3) is 6.19. The third-order valence-corrected chi connectivity index (χ3v) is 7.93. The topological polar surface area (TPSA) is 205 Å². The summed E-state index contributed by atoms with van der Waals surface area (Å²) >= 11 is 0. The van der Waals surface area contributed by atoms with Crippen LogP contribution in [0.3, 0.4) is 0 Å². The molecule has 7 atom stereocenters. The first-order valence-electron chi connectivity index (χ1n) is 13.5. The molecule has 0 saturated carbocycles. The second kappa shape index (κ2) is 12.1. The number of nitrogens with two attached hydrogens (primary N) is 1. The van der Waals surface area contributed by atoms with Crippen molar-refractivity contribution in [3.63, 3.8) is 0 Å². The Bertz CT molecular complexity index is 1660. The number of hydroxylamine groups is 1. The summed E-state index contributed by atoms with van der Waals surface area (Å²) in [7, 11) is -5.06. The number of imidazole rings is 1. The highest BCUT2D eigenvalue weighted by Gasteiger charge is 2.49. The number of carbonyl (C=O) groups excluding carboxylic acids is 1. The highest BCUT2D eigenvalue weighted by atomic mass is 31.2. The standard InChI is InChI=1S/C27H33N6O9P/c1-14(2)40-33(19-11-7-9-17-8-5-6-10-18(17)19)15(3)27(36)42-43(37,38)41-16(4)23-21(34)22(35)26(39-23)32-13-31-20-24(28)29-12-30-25(20)32/h5-16,21-23,26,34-35H,1-4H3,(H,37,38)(H2,28,29,30)/t15-,16-,21-,22+,23+,26+/m0/s1. The first-order valence-corrected chi connectivity index (χ1v) is 15.0. The fraction of sp³-hybridized carbons (Fsp3) is 0.407. The van der Waals surface area contributed by atoms with Crippen molar-refractivity contribution in [3.8, 4) is 0 Å². The fourth-order valence-electron chi connectivity index (χ4n) is 4.92. The molecule has 0 aliphatic carbocycles. The van der Waals surface area contributed by atoms with Crippen LogP contribution < -0.4 is 10.8 Å². The first-order chi connectivity index (χ1) is 20.4. The van der Waals surface area contributed by atoms with E-state index in [9.17, 15) is 24.5 Å². The number of rotatable bonds is 10. The number of phosphoric ester groups is 1. The first kappa shape index (κ1) is 30.8. The molecule has 1 unspecified atom stereocenters. The maximum Gasteiger partial charge on any atom is 0.530 e. The summed E-state index contributed by atoms with van der Waals surface area (Å²) in [5.41, 5.74) is 6.89. The quantitative estimate of drug-likeness (QED) is 0.149. The van der Waals surface area contributed by atoms with Crippen LogP contribution >= 0.6 is 7.82 Å². The fourth-order valence-corrected chi connectivity index (χ4v) is 5.88. The number of nitrogens with zero attached hydrogens (tertiary/aromatic N) is 5. The molecule has 1 aliphatic rings. The normalized spacial score (nSPS) is 23.3. The van der Waals surface area contributed by atoms with Crippen LogP contribution in [0.5, 0.6) is 0 Å². The molecule has 2 aromatic heterocycles. The monoisotopic (exact) mass is 616 g/mol. The van der Waals surface area contributed by atoms with Gasteiger partial charge in [-0.25, -0.2) is 29.4 Å². The number of nitrogen functional groups attached to an aromatic ring is 1. The molecule has 2 aromatic carbocycles. The van der Waals surface area contributed by atoms with Gasteiger partial charge in [-0.2, -0.15) is 0 Å². The van der Waals surface area contributed by atoms with E-state index in [-0.39, 0.29) is 23.1 Å². The SMILES string of the molecule is CC(C)ON(c1cccc2ccccc12)[C@@H](C)C(=O)OP(=O)(O)O[C@@H](C)[C@H]1O[C@@H](n2cnc3c(N)ncnc32)[C@H](O)[C@@H]1O. The molecular weight excluding hydrogens is 583 g/mol. The Balaban J connectivity index is 1.30. The van der Waals surface area contributed by atoms with Crippen molar-refractivity contribution in [1.82, 2.24) is 19.5 Å².